The minimum absolute atomic E-state index is 0.193. The Balaban J connectivity index is 1.54. The summed E-state index contributed by atoms with van der Waals surface area (Å²) in [6.07, 6.45) is 0. The molecule has 4 nitrogen and oxygen atoms in total. The molecule has 152 valence electrons. The number of hydrogen-bond donors (Lipinski definition) is 1. The number of rotatable bonds is 4. The summed E-state index contributed by atoms with van der Waals surface area (Å²) in [5, 5.41) is 4.09. The van der Waals surface area contributed by atoms with E-state index in [4.69, 9.17) is 4.42 Å². The molecule has 0 radical (unpaired) electrons. The van der Waals surface area contributed by atoms with Crippen molar-refractivity contribution >= 4 is 34.3 Å². The third-order valence-corrected chi connectivity index (χ3v) is 6.68. The summed E-state index contributed by atoms with van der Waals surface area (Å²) in [6.45, 7) is 11.3. The number of carbonyl (C=O) groups is 1. The van der Waals surface area contributed by atoms with Gasteiger partial charge in [-0.3, -0.25) is 9.69 Å². The second-order valence-corrected chi connectivity index (χ2v) is 9.18. The van der Waals surface area contributed by atoms with Crippen LogP contribution in [-0.2, 0) is 6.54 Å². The van der Waals surface area contributed by atoms with Gasteiger partial charge < -0.3 is 9.73 Å². The molecule has 1 aliphatic rings. The number of amides is 1. The SMILES string of the molecule is Cc1cc(CN2CCSCC2)ccc1NC(=O)c1oc2c(C)ccc(C)c2c1C. The summed E-state index contributed by atoms with van der Waals surface area (Å²) in [5.41, 5.74) is 7.07. The lowest BCUT2D eigenvalue weighted by molar-refractivity contribution is 0.0998. The van der Waals surface area contributed by atoms with Gasteiger partial charge in [0.1, 0.15) is 5.58 Å². The molecular formula is C24H28N2O2S. The lowest BCUT2D eigenvalue weighted by Gasteiger charge is -2.26. The number of nitrogens with zero attached hydrogens (tertiary/aromatic N) is 1. The Labute approximate surface area is 176 Å². The first-order valence-electron chi connectivity index (χ1n) is 10.1. The zero-order valence-electron chi connectivity index (χ0n) is 17.6. The minimum atomic E-state index is -0.193. The zero-order valence-corrected chi connectivity index (χ0v) is 18.4. The Morgan fingerprint density at radius 3 is 2.45 bits per heavy atom. The second-order valence-electron chi connectivity index (χ2n) is 7.95. The molecule has 3 aromatic rings. The van der Waals surface area contributed by atoms with E-state index in [0.29, 0.717) is 5.76 Å². The maximum atomic E-state index is 13.0. The molecule has 1 fully saturated rings. The molecule has 1 aliphatic heterocycles. The van der Waals surface area contributed by atoms with Gasteiger partial charge in [0.15, 0.2) is 5.76 Å². The van der Waals surface area contributed by atoms with Crippen LogP contribution < -0.4 is 5.32 Å². The summed E-state index contributed by atoms with van der Waals surface area (Å²) < 4.78 is 5.99. The molecule has 1 amide bonds. The van der Waals surface area contributed by atoms with Crippen molar-refractivity contribution in [3.8, 4) is 0 Å². The molecule has 4 rings (SSSR count). The lowest BCUT2D eigenvalue weighted by Crippen LogP contribution is -2.31. The zero-order chi connectivity index (χ0) is 20.5. The third kappa shape index (κ3) is 4.07. The van der Waals surface area contributed by atoms with Gasteiger partial charge >= 0.3 is 0 Å². The van der Waals surface area contributed by atoms with Crippen molar-refractivity contribution in [1.29, 1.82) is 0 Å². The van der Waals surface area contributed by atoms with Crippen LogP contribution in [0.4, 0.5) is 5.69 Å². The minimum Gasteiger partial charge on any atom is -0.450 e. The van der Waals surface area contributed by atoms with E-state index in [2.05, 4.69) is 35.3 Å². The maximum Gasteiger partial charge on any atom is 0.291 e. The summed E-state index contributed by atoms with van der Waals surface area (Å²) in [4.78, 5) is 15.5. The van der Waals surface area contributed by atoms with Crippen LogP contribution in [0.15, 0.2) is 34.7 Å². The van der Waals surface area contributed by atoms with E-state index in [9.17, 15) is 4.79 Å². The largest absolute Gasteiger partial charge is 0.450 e. The number of furan rings is 1. The van der Waals surface area contributed by atoms with E-state index in [-0.39, 0.29) is 5.91 Å². The van der Waals surface area contributed by atoms with Crippen molar-refractivity contribution in [2.45, 2.75) is 34.2 Å². The van der Waals surface area contributed by atoms with Crippen molar-refractivity contribution < 1.29 is 9.21 Å². The molecule has 2 heterocycles. The fourth-order valence-corrected chi connectivity index (χ4v) is 5.03. The van der Waals surface area contributed by atoms with Gasteiger partial charge in [-0.2, -0.15) is 11.8 Å². The van der Waals surface area contributed by atoms with Gasteiger partial charge in [-0.15, -0.1) is 0 Å². The van der Waals surface area contributed by atoms with Crippen molar-refractivity contribution in [2.75, 3.05) is 29.9 Å². The van der Waals surface area contributed by atoms with Crippen LogP contribution in [0.2, 0.25) is 0 Å². The molecule has 0 spiro atoms. The highest BCUT2D eigenvalue weighted by Gasteiger charge is 2.20. The van der Waals surface area contributed by atoms with E-state index < -0.39 is 0 Å². The van der Waals surface area contributed by atoms with Gasteiger partial charge in [0.05, 0.1) is 0 Å². The first-order valence-corrected chi connectivity index (χ1v) is 11.3. The number of nitrogens with one attached hydrogen (secondary N) is 1. The van der Waals surface area contributed by atoms with Gasteiger partial charge in [-0.05, 0) is 56.0 Å². The Bertz CT molecular complexity index is 1060. The number of hydrogen-bond acceptors (Lipinski definition) is 4. The van der Waals surface area contributed by atoms with Gasteiger partial charge in [-0.25, -0.2) is 0 Å². The number of carbonyl (C=O) groups excluding carboxylic acids is 1. The van der Waals surface area contributed by atoms with Crippen molar-refractivity contribution in [1.82, 2.24) is 4.90 Å². The standard InChI is InChI=1S/C24H28N2O2S/c1-15-5-6-16(2)22-21(15)18(4)23(28-22)24(27)25-20-8-7-19(13-17(20)3)14-26-9-11-29-12-10-26/h5-8,13H,9-12,14H2,1-4H3,(H,25,27). The Morgan fingerprint density at radius 2 is 1.76 bits per heavy atom. The Kier molecular flexibility index (Phi) is 5.70. The number of anilines is 1. The monoisotopic (exact) mass is 408 g/mol. The van der Waals surface area contributed by atoms with Gasteiger partial charge in [0, 0.05) is 47.8 Å². The maximum absolute atomic E-state index is 13.0. The van der Waals surface area contributed by atoms with Crippen LogP contribution in [0.25, 0.3) is 11.0 Å². The molecule has 0 saturated carbocycles. The molecule has 0 aliphatic carbocycles. The molecule has 0 atom stereocenters. The number of aryl methyl sites for hydroxylation is 4. The van der Waals surface area contributed by atoms with E-state index >= 15 is 0 Å². The summed E-state index contributed by atoms with van der Waals surface area (Å²) >= 11 is 2.03. The summed E-state index contributed by atoms with van der Waals surface area (Å²) in [6, 6.07) is 10.4. The van der Waals surface area contributed by atoms with Crippen molar-refractivity contribution in [2.24, 2.45) is 0 Å². The van der Waals surface area contributed by atoms with Gasteiger partial charge in [0.2, 0.25) is 0 Å². The molecule has 1 saturated heterocycles. The Morgan fingerprint density at radius 1 is 1.03 bits per heavy atom. The topological polar surface area (TPSA) is 45.5 Å². The molecule has 2 aromatic carbocycles. The fraction of sp³-hybridized carbons (Fsp3) is 0.375. The average molecular weight is 409 g/mol. The van der Waals surface area contributed by atoms with Crippen molar-refractivity contribution in [3.05, 3.63) is 63.9 Å². The van der Waals surface area contributed by atoms with Crippen LogP contribution >= 0.6 is 11.8 Å². The van der Waals surface area contributed by atoms with Crippen LogP contribution in [-0.4, -0.2) is 35.4 Å². The first kappa shape index (κ1) is 20.0. The van der Waals surface area contributed by atoms with E-state index in [1.807, 2.05) is 44.7 Å². The van der Waals surface area contributed by atoms with E-state index in [1.165, 1.54) is 17.1 Å². The second kappa shape index (κ2) is 8.25. The number of benzene rings is 2. The molecule has 0 unspecified atom stereocenters. The van der Waals surface area contributed by atoms with Crippen LogP contribution in [0.1, 0.15) is 38.4 Å². The number of fused-ring (bicyclic) bond motifs is 1. The Hall–Kier alpha value is -2.24. The highest BCUT2D eigenvalue weighted by molar-refractivity contribution is 7.99. The number of thioether (sulfide) groups is 1. The van der Waals surface area contributed by atoms with Gasteiger partial charge in [0.25, 0.3) is 5.91 Å². The quantitative estimate of drug-likeness (QED) is 0.622. The predicted molar refractivity (Wildman–Crippen MR) is 122 cm³/mol. The highest BCUT2D eigenvalue weighted by Crippen LogP contribution is 2.31. The lowest BCUT2D eigenvalue weighted by atomic mass is 10.0. The summed E-state index contributed by atoms with van der Waals surface area (Å²) in [5.74, 6) is 2.62. The third-order valence-electron chi connectivity index (χ3n) is 5.74. The molecule has 1 N–H and O–H groups in total. The molecule has 5 heteroatoms. The van der Waals surface area contributed by atoms with Crippen LogP contribution in [0.5, 0.6) is 0 Å². The molecule has 0 bridgehead atoms. The van der Waals surface area contributed by atoms with Crippen LogP contribution in [0, 0.1) is 27.7 Å². The van der Waals surface area contributed by atoms with E-state index in [0.717, 1.165) is 58.5 Å². The van der Waals surface area contributed by atoms with Crippen molar-refractivity contribution in [3.63, 3.8) is 0 Å². The molecular weight excluding hydrogens is 380 g/mol. The molecule has 29 heavy (non-hydrogen) atoms. The molecule has 1 aromatic heterocycles. The smallest absolute Gasteiger partial charge is 0.291 e. The average Bonchev–Trinajstić information content (AvgIpc) is 3.06. The normalized spacial score (nSPS) is 15.0. The first-order chi connectivity index (χ1) is 13.9. The fourth-order valence-electron chi connectivity index (χ4n) is 4.05. The van der Waals surface area contributed by atoms with Crippen LogP contribution in [0.3, 0.4) is 0 Å². The predicted octanol–water partition coefficient (Wildman–Crippen LogP) is 5.47. The van der Waals surface area contributed by atoms with Gasteiger partial charge in [-0.1, -0.05) is 24.3 Å². The van der Waals surface area contributed by atoms with E-state index in [1.54, 1.807) is 0 Å². The summed E-state index contributed by atoms with van der Waals surface area (Å²) in [7, 11) is 0. The highest BCUT2D eigenvalue weighted by atomic mass is 32.2.